The highest BCUT2D eigenvalue weighted by molar-refractivity contribution is 7.84. The van der Waals surface area contributed by atoms with Gasteiger partial charge in [0, 0.05) is 47.3 Å². The van der Waals surface area contributed by atoms with E-state index in [0.29, 0.717) is 5.75 Å². The Morgan fingerprint density at radius 3 is 3.08 bits per heavy atom. The number of hydrogen-bond donors (Lipinski definition) is 2. The van der Waals surface area contributed by atoms with Crippen molar-refractivity contribution in [2.45, 2.75) is 19.5 Å². The lowest BCUT2D eigenvalue weighted by Gasteiger charge is -2.10. The van der Waals surface area contributed by atoms with Crippen LogP contribution in [-0.4, -0.2) is 32.2 Å². The largest absolute Gasteiger partial charge is 0.347 e. The van der Waals surface area contributed by atoms with Gasteiger partial charge in [-0.2, -0.15) is 0 Å². The van der Waals surface area contributed by atoms with Crippen LogP contribution >= 0.6 is 0 Å². The molecule has 1 aromatic rings. The zero-order chi connectivity index (χ0) is 9.68. The quantitative estimate of drug-likeness (QED) is 0.719. The van der Waals surface area contributed by atoms with Crippen molar-refractivity contribution < 1.29 is 4.21 Å². The average Bonchev–Trinajstić information content (AvgIpc) is 2.51. The molecule has 74 valence electrons. The van der Waals surface area contributed by atoms with Crippen LogP contribution in [0.1, 0.15) is 12.6 Å². The first kappa shape index (κ1) is 10.4. The third-order valence-electron chi connectivity index (χ3n) is 1.68. The Morgan fingerprint density at radius 1 is 1.77 bits per heavy atom. The summed E-state index contributed by atoms with van der Waals surface area (Å²) in [6, 6.07) is 0.272. The maximum atomic E-state index is 10.9. The molecule has 2 unspecified atom stereocenters. The number of aromatic amines is 1. The van der Waals surface area contributed by atoms with E-state index in [-0.39, 0.29) is 6.04 Å². The van der Waals surface area contributed by atoms with E-state index >= 15 is 0 Å². The molecule has 0 spiro atoms. The standard InChI is InChI=1S/C8H15N3OS/c1-7(5-13(2)12)10-4-8-3-9-6-11-8/h3,6-7,10H,4-5H2,1-2H3,(H,9,11). The van der Waals surface area contributed by atoms with Crippen LogP contribution < -0.4 is 5.32 Å². The van der Waals surface area contributed by atoms with Crippen LogP contribution in [0.25, 0.3) is 0 Å². The number of aromatic nitrogens is 2. The van der Waals surface area contributed by atoms with Gasteiger partial charge in [0.1, 0.15) is 0 Å². The van der Waals surface area contributed by atoms with Crippen LogP contribution in [0.5, 0.6) is 0 Å². The fraction of sp³-hybridized carbons (Fsp3) is 0.625. The zero-order valence-electron chi connectivity index (χ0n) is 7.91. The highest BCUT2D eigenvalue weighted by Gasteiger charge is 2.03. The fourth-order valence-corrected chi connectivity index (χ4v) is 1.90. The van der Waals surface area contributed by atoms with Crippen molar-refractivity contribution >= 4 is 10.8 Å². The Kier molecular flexibility index (Phi) is 4.11. The molecule has 1 rings (SSSR count). The minimum Gasteiger partial charge on any atom is -0.347 e. The summed E-state index contributed by atoms with van der Waals surface area (Å²) in [4.78, 5) is 6.90. The predicted octanol–water partition coefficient (Wildman–Crippen LogP) is 0.266. The maximum absolute atomic E-state index is 10.9. The van der Waals surface area contributed by atoms with E-state index in [2.05, 4.69) is 15.3 Å². The SMILES string of the molecule is CC(CS(C)=O)NCc1cnc[nH]1. The number of rotatable bonds is 5. The predicted molar refractivity (Wildman–Crippen MR) is 53.8 cm³/mol. The molecular formula is C8H15N3OS. The van der Waals surface area contributed by atoms with E-state index in [1.807, 2.05) is 6.92 Å². The van der Waals surface area contributed by atoms with Crippen LogP contribution in [0, 0.1) is 0 Å². The van der Waals surface area contributed by atoms with Crippen LogP contribution in [0.2, 0.25) is 0 Å². The van der Waals surface area contributed by atoms with Crippen molar-refractivity contribution in [3.05, 3.63) is 18.2 Å². The Labute approximate surface area is 80.6 Å². The van der Waals surface area contributed by atoms with Crippen LogP contribution in [0.15, 0.2) is 12.5 Å². The lowest BCUT2D eigenvalue weighted by atomic mass is 10.3. The first-order valence-electron chi connectivity index (χ1n) is 4.19. The molecule has 0 radical (unpaired) electrons. The van der Waals surface area contributed by atoms with Gasteiger partial charge in [0.25, 0.3) is 0 Å². The normalized spacial score (nSPS) is 15.5. The van der Waals surface area contributed by atoms with Crippen molar-refractivity contribution in [2.24, 2.45) is 0 Å². The van der Waals surface area contributed by atoms with E-state index in [1.54, 1.807) is 18.8 Å². The second kappa shape index (κ2) is 5.14. The van der Waals surface area contributed by atoms with Gasteiger partial charge in [-0.1, -0.05) is 0 Å². The van der Waals surface area contributed by atoms with E-state index in [1.165, 1.54) is 0 Å². The molecule has 0 amide bonds. The smallest absolute Gasteiger partial charge is 0.0922 e. The van der Waals surface area contributed by atoms with Gasteiger partial charge in [0.05, 0.1) is 6.33 Å². The lowest BCUT2D eigenvalue weighted by Crippen LogP contribution is -2.30. The molecule has 0 aromatic carbocycles. The van der Waals surface area contributed by atoms with Crippen LogP contribution in [0.4, 0.5) is 0 Å². The van der Waals surface area contributed by atoms with Crippen molar-refractivity contribution in [1.29, 1.82) is 0 Å². The average molecular weight is 201 g/mol. The van der Waals surface area contributed by atoms with Crippen molar-refractivity contribution in [3.63, 3.8) is 0 Å². The van der Waals surface area contributed by atoms with Gasteiger partial charge in [-0.15, -0.1) is 0 Å². The molecule has 0 aliphatic heterocycles. The summed E-state index contributed by atoms with van der Waals surface area (Å²) < 4.78 is 10.9. The first-order valence-corrected chi connectivity index (χ1v) is 5.92. The van der Waals surface area contributed by atoms with Gasteiger partial charge < -0.3 is 10.3 Å². The monoisotopic (exact) mass is 201 g/mol. The highest BCUT2D eigenvalue weighted by Crippen LogP contribution is 1.92. The molecular weight excluding hydrogens is 186 g/mol. The Balaban J connectivity index is 2.22. The summed E-state index contributed by atoms with van der Waals surface area (Å²) in [5.74, 6) is 0.689. The molecule has 1 aromatic heterocycles. The molecule has 5 heteroatoms. The number of hydrogen-bond acceptors (Lipinski definition) is 3. The Bertz CT molecular complexity index is 260. The maximum Gasteiger partial charge on any atom is 0.0922 e. The summed E-state index contributed by atoms with van der Waals surface area (Å²) in [5, 5.41) is 3.25. The molecule has 0 aliphatic carbocycles. The molecule has 4 nitrogen and oxygen atoms in total. The molecule has 2 atom stereocenters. The van der Waals surface area contributed by atoms with Crippen molar-refractivity contribution in [2.75, 3.05) is 12.0 Å². The Morgan fingerprint density at radius 2 is 2.54 bits per heavy atom. The molecule has 0 saturated heterocycles. The summed E-state index contributed by atoms with van der Waals surface area (Å²) in [5.41, 5.74) is 1.05. The van der Waals surface area contributed by atoms with Gasteiger partial charge in [-0.25, -0.2) is 4.98 Å². The molecule has 1 heterocycles. The molecule has 0 bridgehead atoms. The zero-order valence-corrected chi connectivity index (χ0v) is 8.73. The highest BCUT2D eigenvalue weighted by atomic mass is 32.2. The second-order valence-electron chi connectivity index (χ2n) is 3.10. The summed E-state index contributed by atoms with van der Waals surface area (Å²) in [7, 11) is -0.732. The first-order chi connectivity index (χ1) is 6.18. The van der Waals surface area contributed by atoms with Gasteiger partial charge >= 0.3 is 0 Å². The van der Waals surface area contributed by atoms with E-state index in [9.17, 15) is 4.21 Å². The van der Waals surface area contributed by atoms with Gasteiger partial charge in [-0.05, 0) is 6.92 Å². The lowest BCUT2D eigenvalue weighted by molar-refractivity contribution is 0.582. The minimum atomic E-state index is -0.732. The van der Waals surface area contributed by atoms with E-state index in [0.717, 1.165) is 12.2 Å². The van der Waals surface area contributed by atoms with Crippen molar-refractivity contribution in [3.8, 4) is 0 Å². The molecule has 13 heavy (non-hydrogen) atoms. The van der Waals surface area contributed by atoms with Crippen LogP contribution in [0.3, 0.4) is 0 Å². The van der Waals surface area contributed by atoms with Crippen LogP contribution in [-0.2, 0) is 17.3 Å². The fourth-order valence-electron chi connectivity index (χ4n) is 1.08. The summed E-state index contributed by atoms with van der Waals surface area (Å²) >= 11 is 0. The Hall–Kier alpha value is -0.680. The molecule has 2 N–H and O–H groups in total. The molecule has 0 saturated carbocycles. The molecule has 0 aliphatic rings. The van der Waals surface area contributed by atoms with Gasteiger partial charge in [0.15, 0.2) is 0 Å². The number of imidazole rings is 1. The van der Waals surface area contributed by atoms with Gasteiger partial charge in [-0.3, -0.25) is 4.21 Å². The minimum absolute atomic E-state index is 0.272. The number of H-pyrrole nitrogens is 1. The second-order valence-corrected chi connectivity index (χ2v) is 4.58. The summed E-state index contributed by atoms with van der Waals surface area (Å²) in [6.45, 7) is 2.77. The molecule has 0 fully saturated rings. The number of nitrogens with one attached hydrogen (secondary N) is 2. The van der Waals surface area contributed by atoms with Gasteiger partial charge in [0.2, 0.25) is 0 Å². The topological polar surface area (TPSA) is 57.8 Å². The van der Waals surface area contributed by atoms with E-state index in [4.69, 9.17) is 0 Å². The third-order valence-corrected chi connectivity index (χ3v) is 2.65. The third kappa shape index (κ3) is 4.19. The number of nitrogens with zero attached hydrogens (tertiary/aromatic N) is 1. The summed E-state index contributed by atoms with van der Waals surface area (Å²) in [6.07, 6.45) is 5.15. The van der Waals surface area contributed by atoms with E-state index < -0.39 is 10.8 Å². The van der Waals surface area contributed by atoms with Crippen molar-refractivity contribution in [1.82, 2.24) is 15.3 Å².